The molecule has 1 aliphatic heterocycles. The van der Waals surface area contributed by atoms with Crippen molar-refractivity contribution in [2.45, 2.75) is 102 Å². The van der Waals surface area contributed by atoms with Gasteiger partial charge in [-0.1, -0.05) is 32.5 Å². The Morgan fingerprint density at radius 1 is 1.24 bits per heavy atom. The van der Waals surface area contributed by atoms with Gasteiger partial charge in [-0.25, -0.2) is 9.97 Å². The zero-order valence-electron chi connectivity index (χ0n) is 23.0. The summed E-state index contributed by atoms with van der Waals surface area (Å²) >= 11 is 2.29. The Morgan fingerprint density at radius 3 is 2.59 bits per heavy atom. The van der Waals surface area contributed by atoms with Gasteiger partial charge in [-0.2, -0.15) is 0 Å². The van der Waals surface area contributed by atoms with Crippen LogP contribution in [0.25, 0.3) is 0 Å². The molecule has 1 fully saturated rings. The summed E-state index contributed by atoms with van der Waals surface area (Å²) in [5.41, 5.74) is 0. The van der Waals surface area contributed by atoms with Crippen LogP contribution in [0.2, 0.25) is 25.7 Å². The first kappa shape index (κ1) is 30.8. The van der Waals surface area contributed by atoms with Gasteiger partial charge in [0.25, 0.3) is 5.89 Å². The van der Waals surface area contributed by atoms with Crippen LogP contribution in [-0.4, -0.2) is 51.7 Å². The molecule has 3 rings (SSSR count). The normalized spacial score (nSPS) is 17.8. The second-order valence-electron chi connectivity index (χ2n) is 11.7. The summed E-state index contributed by atoms with van der Waals surface area (Å²) in [7, 11) is -1.17. The van der Waals surface area contributed by atoms with E-state index in [-0.39, 0.29) is 10.8 Å². The molecule has 2 aromatic rings. The van der Waals surface area contributed by atoms with Gasteiger partial charge in [0.15, 0.2) is 0 Å². The van der Waals surface area contributed by atoms with Gasteiger partial charge in [-0.15, -0.1) is 4.72 Å². The molecular weight excluding hydrogens is 576 g/mol. The smallest absolute Gasteiger partial charge is 0.255 e. The van der Waals surface area contributed by atoms with Gasteiger partial charge >= 0.3 is 0 Å². The van der Waals surface area contributed by atoms with Crippen LogP contribution in [0.5, 0.6) is 0 Å². The van der Waals surface area contributed by atoms with Crippen molar-refractivity contribution in [2.24, 2.45) is 0 Å². The zero-order chi connectivity index (χ0) is 27.1. The lowest BCUT2D eigenvalue weighted by molar-refractivity contribution is -0.187. The molecule has 9 nitrogen and oxygen atoms in total. The van der Waals surface area contributed by atoms with Crippen molar-refractivity contribution in [3.63, 3.8) is 0 Å². The molecule has 1 aliphatic rings. The van der Waals surface area contributed by atoms with Crippen LogP contribution in [-0.2, 0) is 38.1 Å². The standard InChI is InChI=1S/C25H43BrN4O5SSi/c1-24(2,3)36(31)29-20(22-28-21(26)18-30(22)19-32-16-17-37(4,5)6)10-8-7-9-11-25(34-14-15-35-25)23-27-12-13-33-23/h12-13,18,20,29H,7-11,14-17,19H2,1-6H3/t20?,36-/m1/s1. The maximum atomic E-state index is 13.0. The lowest BCUT2D eigenvalue weighted by atomic mass is 10.0. The number of nitrogens with zero attached hydrogens (tertiary/aromatic N) is 3. The van der Waals surface area contributed by atoms with E-state index < -0.39 is 25.2 Å². The predicted molar refractivity (Wildman–Crippen MR) is 151 cm³/mol. The van der Waals surface area contributed by atoms with Gasteiger partial charge < -0.3 is 27.7 Å². The van der Waals surface area contributed by atoms with Crippen LogP contribution < -0.4 is 4.72 Å². The average molecular weight is 620 g/mol. The third-order valence-electron chi connectivity index (χ3n) is 6.13. The Hall–Kier alpha value is -0.733. The van der Waals surface area contributed by atoms with E-state index in [1.165, 1.54) is 0 Å². The molecule has 0 saturated carbocycles. The van der Waals surface area contributed by atoms with Crippen LogP contribution in [0.3, 0.4) is 0 Å². The highest BCUT2D eigenvalue weighted by Crippen LogP contribution is 2.36. The van der Waals surface area contributed by atoms with E-state index >= 15 is 0 Å². The Bertz CT molecular complexity index is 942. The second kappa shape index (κ2) is 13.6. The van der Waals surface area contributed by atoms with Crippen molar-refractivity contribution in [3.8, 4) is 0 Å². The molecule has 3 heterocycles. The Balaban J connectivity index is 1.61. The maximum Gasteiger partial charge on any atom is 0.255 e. The molecule has 12 heteroatoms. The van der Waals surface area contributed by atoms with Crippen molar-refractivity contribution in [3.05, 3.63) is 35.0 Å². The topological polar surface area (TPSA) is 107 Å². The highest BCUT2D eigenvalue weighted by molar-refractivity contribution is 9.10. The van der Waals surface area contributed by atoms with Crippen molar-refractivity contribution in [1.82, 2.24) is 19.3 Å². The van der Waals surface area contributed by atoms with E-state index in [0.29, 0.717) is 32.3 Å². The summed E-state index contributed by atoms with van der Waals surface area (Å²) in [5, 5.41) is 0. The first-order valence-electron chi connectivity index (χ1n) is 13.1. The van der Waals surface area contributed by atoms with Crippen LogP contribution in [0.15, 0.2) is 27.7 Å². The molecule has 0 spiro atoms. The molecule has 0 aliphatic carbocycles. The van der Waals surface area contributed by atoms with Crippen LogP contribution in [0, 0.1) is 0 Å². The highest BCUT2D eigenvalue weighted by atomic mass is 79.9. The summed E-state index contributed by atoms with van der Waals surface area (Å²) in [6, 6.07) is 0.933. The number of halogens is 1. The Morgan fingerprint density at radius 2 is 1.97 bits per heavy atom. The van der Waals surface area contributed by atoms with E-state index in [4.69, 9.17) is 23.6 Å². The van der Waals surface area contributed by atoms with Gasteiger partial charge in [0, 0.05) is 38.7 Å². The number of rotatable bonds is 15. The molecule has 1 N–H and O–H groups in total. The molecule has 0 bridgehead atoms. The summed E-state index contributed by atoms with van der Waals surface area (Å²) in [5.74, 6) is 0.422. The summed E-state index contributed by atoms with van der Waals surface area (Å²) in [6.45, 7) is 15.2. The van der Waals surface area contributed by atoms with Crippen molar-refractivity contribution >= 4 is 35.4 Å². The number of nitrogens with one attached hydrogen (secondary N) is 1. The Kier molecular flexibility index (Phi) is 11.3. The van der Waals surface area contributed by atoms with E-state index in [0.717, 1.165) is 48.8 Å². The fraction of sp³-hybridized carbons (Fsp3) is 0.760. The Labute approximate surface area is 233 Å². The minimum atomic E-state index is -1.24. The number of oxazole rings is 1. The van der Waals surface area contributed by atoms with Crippen LogP contribution in [0.1, 0.15) is 70.6 Å². The summed E-state index contributed by atoms with van der Waals surface area (Å²) in [6.07, 6.45) is 9.30. The number of ether oxygens (including phenoxy) is 3. The van der Waals surface area contributed by atoms with Gasteiger partial charge in [0.2, 0.25) is 5.79 Å². The molecule has 1 unspecified atom stereocenters. The van der Waals surface area contributed by atoms with Gasteiger partial charge in [0.1, 0.15) is 34.2 Å². The van der Waals surface area contributed by atoms with Crippen molar-refractivity contribution < 1.29 is 23.2 Å². The highest BCUT2D eigenvalue weighted by Gasteiger charge is 2.42. The maximum absolute atomic E-state index is 13.0. The molecular formula is C25H43BrN4O5SSi. The number of hydrogen-bond donors (Lipinski definition) is 1. The number of aromatic nitrogens is 3. The van der Waals surface area contributed by atoms with Gasteiger partial charge in [-0.3, -0.25) is 0 Å². The average Bonchev–Trinajstić information content (AvgIpc) is 3.56. The minimum Gasteiger partial charge on any atom is -0.598 e. The summed E-state index contributed by atoms with van der Waals surface area (Å²) in [4.78, 5) is 8.99. The quantitative estimate of drug-likeness (QED) is 0.150. The second-order valence-corrected chi connectivity index (χ2v) is 20.1. The molecule has 210 valence electrons. The molecule has 0 radical (unpaired) electrons. The number of hydrogen-bond acceptors (Lipinski definition) is 8. The van der Waals surface area contributed by atoms with E-state index in [9.17, 15) is 4.55 Å². The first-order chi connectivity index (χ1) is 17.4. The fourth-order valence-electron chi connectivity index (χ4n) is 3.99. The molecule has 0 amide bonds. The predicted octanol–water partition coefficient (Wildman–Crippen LogP) is 5.89. The number of imidazole rings is 1. The molecule has 0 aromatic carbocycles. The zero-order valence-corrected chi connectivity index (χ0v) is 26.5. The van der Waals surface area contributed by atoms with E-state index in [1.807, 2.05) is 31.5 Å². The SMILES string of the molecule is CC(C)(C)[S@@+]([O-])NC(CCCCCC1(c2ncco2)OCCO1)c1nc(Br)cn1COCC[Si](C)(C)C. The molecule has 2 atom stereocenters. The summed E-state index contributed by atoms with van der Waals surface area (Å²) < 4.78 is 42.1. The first-order valence-corrected chi connectivity index (χ1v) is 18.7. The number of unbranched alkanes of at least 4 members (excludes halogenated alkanes) is 2. The molecule has 1 saturated heterocycles. The van der Waals surface area contributed by atoms with Crippen LogP contribution in [0.4, 0.5) is 0 Å². The molecule has 2 aromatic heterocycles. The van der Waals surface area contributed by atoms with Crippen molar-refractivity contribution in [2.75, 3.05) is 19.8 Å². The van der Waals surface area contributed by atoms with Gasteiger partial charge in [0.05, 0.1) is 19.4 Å². The largest absolute Gasteiger partial charge is 0.598 e. The molecule has 37 heavy (non-hydrogen) atoms. The monoisotopic (exact) mass is 618 g/mol. The van der Waals surface area contributed by atoms with Crippen LogP contribution >= 0.6 is 15.9 Å². The minimum absolute atomic E-state index is 0.174. The van der Waals surface area contributed by atoms with Crippen molar-refractivity contribution in [1.29, 1.82) is 0 Å². The lowest BCUT2D eigenvalue weighted by Crippen LogP contribution is -2.42. The van der Waals surface area contributed by atoms with E-state index in [1.54, 1.807) is 12.5 Å². The van der Waals surface area contributed by atoms with Gasteiger partial charge in [-0.05, 0) is 55.6 Å². The lowest BCUT2D eigenvalue weighted by Gasteiger charge is -2.28. The van der Waals surface area contributed by atoms with E-state index in [2.05, 4.69) is 45.3 Å². The third-order valence-corrected chi connectivity index (χ3v) is 9.83. The fourth-order valence-corrected chi connectivity index (χ4v) is 6.01. The third kappa shape index (κ3) is 9.45.